The van der Waals surface area contributed by atoms with Gasteiger partial charge in [-0.25, -0.2) is 14.4 Å². The van der Waals surface area contributed by atoms with E-state index in [-0.39, 0.29) is 28.9 Å². The molecular formula is C23H28FN7O. The molecule has 0 aromatic carbocycles. The smallest absolute Gasteiger partial charge is 0.250 e. The third-order valence-corrected chi connectivity index (χ3v) is 5.81. The van der Waals surface area contributed by atoms with Crippen molar-refractivity contribution in [2.45, 2.75) is 26.8 Å². The predicted molar refractivity (Wildman–Crippen MR) is 124 cm³/mol. The van der Waals surface area contributed by atoms with E-state index in [0.717, 1.165) is 38.4 Å². The van der Waals surface area contributed by atoms with Gasteiger partial charge < -0.3 is 20.1 Å². The zero-order valence-corrected chi connectivity index (χ0v) is 18.6. The Kier molecular flexibility index (Phi) is 6.18. The van der Waals surface area contributed by atoms with Gasteiger partial charge in [-0.15, -0.1) is 0 Å². The lowest BCUT2D eigenvalue weighted by Gasteiger charge is -2.35. The summed E-state index contributed by atoms with van der Waals surface area (Å²) in [6, 6.07) is 6.68. The van der Waals surface area contributed by atoms with Gasteiger partial charge in [0.25, 0.3) is 5.56 Å². The van der Waals surface area contributed by atoms with Gasteiger partial charge in [0.05, 0.1) is 11.9 Å². The minimum atomic E-state index is -0.715. The van der Waals surface area contributed by atoms with Crippen molar-refractivity contribution < 1.29 is 4.39 Å². The molecule has 1 saturated heterocycles. The molecule has 4 rings (SSSR count). The van der Waals surface area contributed by atoms with Crippen LogP contribution >= 0.6 is 0 Å². The fourth-order valence-electron chi connectivity index (χ4n) is 3.85. The molecule has 0 saturated carbocycles. The number of nitrogens with zero attached hydrogens (tertiary/aromatic N) is 6. The summed E-state index contributed by atoms with van der Waals surface area (Å²) in [5.74, 6) is -0.731. The molecule has 0 radical (unpaired) electrons. The first-order chi connectivity index (χ1) is 15.4. The Morgan fingerprint density at radius 2 is 1.84 bits per heavy atom. The Labute approximate surface area is 186 Å². The van der Waals surface area contributed by atoms with E-state index in [0.29, 0.717) is 11.3 Å². The summed E-state index contributed by atoms with van der Waals surface area (Å²) in [5, 5.41) is 0. The largest absolute Gasteiger partial charge is 0.381 e. The van der Waals surface area contributed by atoms with Gasteiger partial charge in [-0.2, -0.15) is 0 Å². The van der Waals surface area contributed by atoms with Crippen LogP contribution in [0.3, 0.4) is 0 Å². The highest BCUT2D eigenvalue weighted by Crippen LogP contribution is 2.27. The van der Waals surface area contributed by atoms with Crippen molar-refractivity contribution in [3.8, 4) is 22.8 Å². The number of halogens is 1. The van der Waals surface area contributed by atoms with Crippen LogP contribution < -0.4 is 16.2 Å². The highest BCUT2D eigenvalue weighted by atomic mass is 19.1. The Balaban J connectivity index is 1.65. The Bertz CT molecular complexity index is 1150. The van der Waals surface area contributed by atoms with Crippen molar-refractivity contribution in [1.82, 2.24) is 24.4 Å². The fourth-order valence-corrected chi connectivity index (χ4v) is 3.85. The van der Waals surface area contributed by atoms with Crippen LogP contribution in [0.5, 0.6) is 0 Å². The molecule has 0 amide bonds. The first-order valence-electron chi connectivity index (χ1n) is 10.9. The van der Waals surface area contributed by atoms with E-state index in [4.69, 9.17) is 5.73 Å². The van der Waals surface area contributed by atoms with Crippen LogP contribution in [-0.2, 0) is 0 Å². The van der Waals surface area contributed by atoms with Crippen LogP contribution in [0.15, 0.2) is 41.5 Å². The minimum Gasteiger partial charge on any atom is -0.381 e. The van der Waals surface area contributed by atoms with Crippen LogP contribution in [0.4, 0.5) is 15.9 Å². The molecule has 32 heavy (non-hydrogen) atoms. The lowest BCUT2D eigenvalue weighted by Crippen LogP contribution is -2.46. The number of rotatable bonds is 5. The second kappa shape index (κ2) is 9.04. The number of anilines is 2. The molecule has 4 heterocycles. The summed E-state index contributed by atoms with van der Waals surface area (Å²) in [4.78, 5) is 29.8. The molecule has 0 aliphatic carbocycles. The third-order valence-electron chi connectivity index (χ3n) is 5.81. The van der Waals surface area contributed by atoms with E-state index < -0.39 is 5.82 Å². The summed E-state index contributed by atoms with van der Waals surface area (Å²) in [5.41, 5.74) is 7.74. The first kappa shape index (κ1) is 21.9. The zero-order valence-electron chi connectivity index (χ0n) is 18.6. The molecule has 0 unspecified atom stereocenters. The number of likely N-dealkylation sites (N-methyl/N-ethyl adjacent to an activating group) is 1. The highest BCUT2D eigenvalue weighted by Gasteiger charge is 2.19. The van der Waals surface area contributed by atoms with Gasteiger partial charge >= 0.3 is 0 Å². The summed E-state index contributed by atoms with van der Waals surface area (Å²) in [7, 11) is 0. The van der Waals surface area contributed by atoms with Gasteiger partial charge in [0.15, 0.2) is 17.5 Å². The van der Waals surface area contributed by atoms with Crippen molar-refractivity contribution in [2.24, 2.45) is 0 Å². The summed E-state index contributed by atoms with van der Waals surface area (Å²) in [6.07, 6.45) is 3.38. The third kappa shape index (κ3) is 4.34. The Morgan fingerprint density at radius 3 is 2.47 bits per heavy atom. The van der Waals surface area contributed by atoms with Gasteiger partial charge in [0.2, 0.25) is 0 Å². The first-order valence-corrected chi connectivity index (χ1v) is 10.9. The van der Waals surface area contributed by atoms with Gasteiger partial charge in [0.1, 0.15) is 11.4 Å². The van der Waals surface area contributed by atoms with Crippen LogP contribution in [0.25, 0.3) is 22.8 Å². The average Bonchev–Trinajstić information content (AvgIpc) is 2.81. The predicted octanol–water partition coefficient (Wildman–Crippen LogP) is 2.81. The number of hydrogen-bond donors (Lipinski definition) is 1. The summed E-state index contributed by atoms with van der Waals surface area (Å²) >= 11 is 0. The van der Waals surface area contributed by atoms with E-state index in [1.54, 1.807) is 18.5 Å². The summed E-state index contributed by atoms with van der Waals surface area (Å²) in [6.45, 7) is 11.0. The number of aromatic nitrogens is 4. The fraction of sp³-hybridized carbons (Fsp3) is 0.391. The molecule has 2 N–H and O–H groups in total. The number of hydrogen-bond acceptors (Lipinski definition) is 7. The van der Waals surface area contributed by atoms with Crippen LogP contribution in [0.1, 0.15) is 26.8 Å². The monoisotopic (exact) mass is 437 g/mol. The number of pyridine rings is 2. The average molecular weight is 438 g/mol. The van der Waals surface area contributed by atoms with Crippen LogP contribution in [-0.4, -0.2) is 57.1 Å². The molecular weight excluding hydrogens is 409 g/mol. The Hall–Kier alpha value is -3.33. The molecule has 3 aromatic rings. The minimum absolute atomic E-state index is 0.0449. The van der Waals surface area contributed by atoms with Gasteiger partial charge in [-0.05, 0) is 38.6 Å². The van der Waals surface area contributed by atoms with Crippen molar-refractivity contribution >= 4 is 11.5 Å². The highest BCUT2D eigenvalue weighted by molar-refractivity contribution is 5.66. The number of piperazine rings is 1. The van der Waals surface area contributed by atoms with Crippen molar-refractivity contribution in [1.29, 1.82) is 0 Å². The SMILES string of the molecule is CCN1CCN(c2ccc(-c3nc(N)c(F)c(-c4ccc(=O)n(C(C)C)c4)n3)nc2)CC1. The maximum absolute atomic E-state index is 14.8. The van der Waals surface area contributed by atoms with E-state index >= 15 is 0 Å². The Morgan fingerprint density at radius 1 is 1.09 bits per heavy atom. The van der Waals surface area contributed by atoms with Crippen molar-refractivity contribution in [2.75, 3.05) is 43.4 Å². The van der Waals surface area contributed by atoms with Crippen LogP contribution in [0, 0.1) is 5.82 Å². The molecule has 0 atom stereocenters. The van der Waals surface area contributed by atoms with E-state index in [2.05, 4.69) is 31.7 Å². The van der Waals surface area contributed by atoms with E-state index in [1.807, 2.05) is 26.0 Å². The maximum atomic E-state index is 14.8. The zero-order chi connectivity index (χ0) is 22.8. The quantitative estimate of drug-likeness (QED) is 0.656. The standard InChI is InChI=1S/C23H28FN7O/c1-4-29-9-11-30(12-10-29)17-6-7-18(26-13-17)23-27-21(20(24)22(25)28-23)16-5-8-19(32)31(14-16)15(2)3/h5-8,13-15H,4,9-12H2,1-3H3,(H2,25,27,28). The van der Waals surface area contributed by atoms with Gasteiger partial charge in [-0.1, -0.05) is 6.92 Å². The molecule has 0 spiro atoms. The molecule has 1 fully saturated rings. The van der Waals surface area contributed by atoms with Gasteiger partial charge in [-0.3, -0.25) is 9.78 Å². The molecule has 8 nitrogen and oxygen atoms in total. The second-order valence-corrected chi connectivity index (χ2v) is 8.18. The summed E-state index contributed by atoms with van der Waals surface area (Å²) < 4.78 is 16.3. The molecule has 9 heteroatoms. The van der Waals surface area contributed by atoms with E-state index in [9.17, 15) is 9.18 Å². The van der Waals surface area contributed by atoms with Crippen molar-refractivity contribution in [3.05, 3.63) is 52.8 Å². The maximum Gasteiger partial charge on any atom is 0.250 e. The lowest BCUT2D eigenvalue weighted by atomic mass is 10.1. The molecule has 1 aliphatic heterocycles. The molecule has 0 bridgehead atoms. The number of nitrogen functional groups attached to an aromatic ring is 1. The molecule has 168 valence electrons. The van der Waals surface area contributed by atoms with Crippen molar-refractivity contribution in [3.63, 3.8) is 0 Å². The van der Waals surface area contributed by atoms with Gasteiger partial charge in [0, 0.05) is 50.0 Å². The van der Waals surface area contributed by atoms with Crippen LogP contribution in [0.2, 0.25) is 0 Å². The normalized spacial score (nSPS) is 14.8. The topological polar surface area (TPSA) is 93.2 Å². The number of nitrogens with two attached hydrogens (primary N) is 1. The molecule has 3 aromatic heterocycles. The second-order valence-electron chi connectivity index (χ2n) is 8.18. The van der Waals surface area contributed by atoms with E-state index in [1.165, 1.54) is 10.6 Å². The lowest BCUT2D eigenvalue weighted by molar-refractivity contribution is 0.271. The molecule has 1 aliphatic rings.